The zero-order valence-electron chi connectivity index (χ0n) is 25.0. The van der Waals surface area contributed by atoms with Crippen LogP contribution in [-0.4, -0.2) is 19.9 Å². The van der Waals surface area contributed by atoms with E-state index in [-0.39, 0.29) is 0 Å². The molecule has 2 aromatic heterocycles. The lowest BCUT2D eigenvalue weighted by atomic mass is 9.87. The summed E-state index contributed by atoms with van der Waals surface area (Å²) in [7, 11) is 0. The largest absolute Gasteiger partial charge is 0.244 e. The molecule has 0 aliphatic heterocycles. The van der Waals surface area contributed by atoms with Crippen LogP contribution in [0.25, 0.3) is 78.6 Å². The zero-order valence-corrected chi connectivity index (χ0v) is 25.0. The van der Waals surface area contributed by atoms with Crippen molar-refractivity contribution in [3.05, 3.63) is 170 Å². The third kappa shape index (κ3) is 5.33. The van der Waals surface area contributed by atoms with Crippen LogP contribution in [0.3, 0.4) is 0 Å². The van der Waals surface area contributed by atoms with Gasteiger partial charge in [-0.1, -0.05) is 158 Å². The van der Waals surface area contributed by atoms with Gasteiger partial charge in [-0.25, -0.2) is 19.9 Å². The predicted octanol–water partition coefficient (Wildman–Crippen LogP) is 10.4. The number of hydrogen-bond donors (Lipinski definition) is 0. The van der Waals surface area contributed by atoms with Crippen LogP contribution in [0.4, 0.5) is 0 Å². The summed E-state index contributed by atoms with van der Waals surface area (Å²) in [6.07, 6.45) is 0. The lowest BCUT2D eigenvalue weighted by Gasteiger charge is -2.17. The molecule has 8 aromatic rings. The van der Waals surface area contributed by atoms with Crippen molar-refractivity contribution in [2.24, 2.45) is 0 Å². The summed E-state index contributed by atoms with van der Waals surface area (Å²) in [5.74, 6) is 1.75. The fourth-order valence-electron chi connectivity index (χ4n) is 5.89. The second kappa shape index (κ2) is 12.0. The maximum absolute atomic E-state index is 4.95. The minimum atomic E-state index is 0.541. The van der Waals surface area contributed by atoms with E-state index < -0.39 is 0 Å². The number of fused-ring (bicyclic) bond motifs is 1. The van der Waals surface area contributed by atoms with Gasteiger partial charge in [0.25, 0.3) is 0 Å². The van der Waals surface area contributed by atoms with Gasteiger partial charge < -0.3 is 0 Å². The fourth-order valence-corrected chi connectivity index (χ4v) is 5.89. The first kappa shape index (κ1) is 27.3. The average Bonchev–Trinajstić information content (AvgIpc) is 3.15. The molecule has 0 aliphatic rings. The van der Waals surface area contributed by atoms with Gasteiger partial charge in [0.2, 0.25) is 0 Å². The van der Waals surface area contributed by atoms with E-state index in [1.54, 1.807) is 0 Å². The second-order valence-corrected chi connectivity index (χ2v) is 11.1. The summed E-state index contributed by atoms with van der Waals surface area (Å²) in [6, 6.07) is 58.4. The standard InChI is InChI=1S/C42H28N4/c1-4-13-29(14-5-1)35-20-12-21-36(30-15-6-2-7-16-30)39(35)32-23-25-34(26-24-32)41-44-40(33-18-8-3-9-19-33)45-42(46-41)38-28-27-31-17-10-11-22-37(31)43-38/h1-28H. The predicted molar refractivity (Wildman–Crippen MR) is 188 cm³/mol. The lowest BCUT2D eigenvalue weighted by molar-refractivity contribution is 1.06. The van der Waals surface area contributed by atoms with Crippen LogP contribution in [0.2, 0.25) is 0 Å². The van der Waals surface area contributed by atoms with Gasteiger partial charge in [-0.15, -0.1) is 0 Å². The number of hydrogen-bond acceptors (Lipinski definition) is 4. The average molecular weight is 589 g/mol. The molecule has 0 aliphatic carbocycles. The van der Waals surface area contributed by atoms with E-state index in [2.05, 4.69) is 115 Å². The van der Waals surface area contributed by atoms with Crippen molar-refractivity contribution in [1.29, 1.82) is 0 Å². The Morgan fingerprint density at radius 1 is 0.283 bits per heavy atom. The number of rotatable bonds is 6. The van der Waals surface area contributed by atoms with E-state index in [9.17, 15) is 0 Å². The van der Waals surface area contributed by atoms with Crippen LogP contribution in [-0.2, 0) is 0 Å². The summed E-state index contributed by atoms with van der Waals surface area (Å²) in [5, 5.41) is 1.07. The van der Waals surface area contributed by atoms with Crippen LogP contribution in [0.15, 0.2) is 170 Å². The van der Waals surface area contributed by atoms with Crippen LogP contribution in [0.1, 0.15) is 0 Å². The molecule has 0 amide bonds. The Hall–Kier alpha value is -6.26. The molecule has 0 saturated heterocycles. The van der Waals surface area contributed by atoms with Crippen molar-refractivity contribution in [3.63, 3.8) is 0 Å². The van der Waals surface area contributed by atoms with Gasteiger partial charge in [0, 0.05) is 16.5 Å². The van der Waals surface area contributed by atoms with Gasteiger partial charge in [0.1, 0.15) is 5.69 Å². The lowest BCUT2D eigenvalue weighted by Crippen LogP contribution is -2.01. The summed E-state index contributed by atoms with van der Waals surface area (Å²) < 4.78 is 0. The van der Waals surface area contributed by atoms with Crippen LogP contribution in [0.5, 0.6) is 0 Å². The van der Waals surface area contributed by atoms with Crippen molar-refractivity contribution >= 4 is 10.9 Å². The van der Waals surface area contributed by atoms with E-state index >= 15 is 0 Å². The molecule has 46 heavy (non-hydrogen) atoms. The second-order valence-electron chi connectivity index (χ2n) is 11.1. The molecule has 0 radical (unpaired) electrons. The van der Waals surface area contributed by atoms with Crippen molar-refractivity contribution < 1.29 is 0 Å². The van der Waals surface area contributed by atoms with Crippen molar-refractivity contribution in [2.45, 2.75) is 0 Å². The van der Waals surface area contributed by atoms with Crippen LogP contribution < -0.4 is 0 Å². The van der Waals surface area contributed by atoms with Crippen LogP contribution in [0, 0.1) is 0 Å². The minimum Gasteiger partial charge on any atom is -0.244 e. The quantitative estimate of drug-likeness (QED) is 0.194. The normalized spacial score (nSPS) is 11.0. The zero-order chi connectivity index (χ0) is 30.7. The Morgan fingerprint density at radius 2 is 0.761 bits per heavy atom. The van der Waals surface area contributed by atoms with Gasteiger partial charge in [-0.05, 0) is 45.5 Å². The monoisotopic (exact) mass is 588 g/mol. The Labute approximate surface area is 267 Å². The highest BCUT2D eigenvalue weighted by Crippen LogP contribution is 2.40. The number of para-hydroxylation sites is 1. The molecule has 0 spiro atoms. The highest BCUT2D eigenvalue weighted by atomic mass is 15.0. The maximum atomic E-state index is 4.95. The molecule has 6 aromatic carbocycles. The van der Waals surface area contributed by atoms with Gasteiger partial charge in [-0.2, -0.15) is 0 Å². The van der Waals surface area contributed by atoms with E-state index in [1.807, 2.05) is 54.6 Å². The molecular formula is C42H28N4. The summed E-state index contributed by atoms with van der Waals surface area (Å²) >= 11 is 0. The molecule has 0 saturated carbocycles. The number of pyridine rings is 1. The minimum absolute atomic E-state index is 0.541. The van der Waals surface area contributed by atoms with E-state index in [4.69, 9.17) is 19.9 Å². The Morgan fingerprint density at radius 3 is 1.37 bits per heavy atom. The Bertz CT molecular complexity index is 2220. The molecule has 216 valence electrons. The molecule has 8 rings (SSSR count). The van der Waals surface area contributed by atoms with Gasteiger partial charge >= 0.3 is 0 Å². The Balaban J connectivity index is 1.26. The van der Waals surface area contributed by atoms with Crippen molar-refractivity contribution in [1.82, 2.24) is 19.9 Å². The highest BCUT2D eigenvalue weighted by molar-refractivity contribution is 5.94. The molecule has 2 heterocycles. The number of nitrogens with zero attached hydrogens (tertiary/aromatic N) is 4. The Kier molecular flexibility index (Phi) is 7.14. The first-order valence-electron chi connectivity index (χ1n) is 15.3. The first-order chi connectivity index (χ1) is 22.8. The van der Waals surface area contributed by atoms with Crippen molar-refractivity contribution in [2.75, 3.05) is 0 Å². The fraction of sp³-hybridized carbons (Fsp3) is 0. The van der Waals surface area contributed by atoms with E-state index in [1.165, 1.54) is 27.8 Å². The highest BCUT2D eigenvalue weighted by Gasteiger charge is 2.16. The van der Waals surface area contributed by atoms with Gasteiger partial charge in [-0.3, -0.25) is 0 Å². The van der Waals surface area contributed by atoms with Crippen molar-refractivity contribution in [3.8, 4) is 67.7 Å². The molecule has 4 heteroatoms. The summed E-state index contributed by atoms with van der Waals surface area (Å²) in [5.41, 5.74) is 10.5. The number of aromatic nitrogens is 4. The molecule has 0 N–H and O–H groups in total. The summed E-state index contributed by atoms with van der Waals surface area (Å²) in [4.78, 5) is 19.7. The first-order valence-corrected chi connectivity index (χ1v) is 15.3. The molecule has 0 bridgehead atoms. The third-order valence-corrected chi connectivity index (χ3v) is 8.16. The van der Waals surface area contributed by atoms with Gasteiger partial charge in [0.05, 0.1) is 5.52 Å². The molecule has 4 nitrogen and oxygen atoms in total. The topological polar surface area (TPSA) is 51.6 Å². The third-order valence-electron chi connectivity index (χ3n) is 8.16. The molecule has 0 fully saturated rings. The number of benzene rings is 6. The molecule has 0 unspecified atom stereocenters. The SMILES string of the molecule is c1ccc(-c2nc(-c3ccc(-c4c(-c5ccccc5)cccc4-c4ccccc4)cc3)nc(-c3ccc4ccccc4n3)n2)cc1. The molecular weight excluding hydrogens is 560 g/mol. The maximum Gasteiger partial charge on any atom is 0.182 e. The van der Waals surface area contributed by atoms with Gasteiger partial charge in [0.15, 0.2) is 17.5 Å². The summed E-state index contributed by atoms with van der Waals surface area (Å²) in [6.45, 7) is 0. The van der Waals surface area contributed by atoms with E-state index in [0.29, 0.717) is 23.2 Å². The molecule has 0 atom stereocenters. The van der Waals surface area contributed by atoms with E-state index in [0.717, 1.165) is 27.6 Å². The smallest absolute Gasteiger partial charge is 0.182 e. The van der Waals surface area contributed by atoms with Crippen LogP contribution >= 0.6 is 0 Å².